The minimum atomic E-state index is -0.463. The lowest BCUT2D eigenvalue weighted by Crippen LogP contribution is -2.34. The molecule has 0 aliphatic carbocycles. The van der Waals surface area contributed by atoms with Crippen LogP contribution in [-0.2, 0) is 5.54 Å². The highest BCUT2D eigenvalue weighted by Gasteiger charge is 2.22. The molecule has 0 saturated heterocycles. The van der Waals surface area contributed by atoms with Crippen LogP contribution in [0.2, 0.25) is 0 Å². The molecule has 0 spiro atoms. The van der Waals surface area contributed by atoms with E-state index in [2.05, 4.69) is 15.9 Å². The molecule has 0 saturated carbocycles. The van der Waals surface area contributed by atoms with E-state index in [4.69, 9.17) is 10.8 Å². The molecule has 3 heteroatoms. The number of benzene rings is 1. The molecule has 0 bridgehead atoms. The maximum absolute atomic E-state index is 8.86. The van der Waals surface area contributed by atoms with Crippen molar-refractivity contribution in [3.05, 3.63) is 34.3 Å². The van der Waals surface area contributed by atoms with Gasteiger partial charge in [-0.15, -0.1) is 0 Å². The Morgan fingerprint density at radius 1 is 1.46 bits per heavy atom. The largest absolute Gasteiger partial charge is 0.396 e. The molecule has 1 aromatic rings. The fourth-order valence-electron chi connectivity index (χ4n) is 1.29. The van der Waals surface area contributed by atoms with E-state index in [1.807, 2.05) is 31.2 Å². The summed E-state index contributed by atoms with van der Waals surface area (Å²) in [5.41, 5.74) is 6.63. The molecule has 0 aliphatic rings. The molecular formula is C10H14BrNO. The molecule has 0 amide bonds. The summed E-state index contributed by atoms with van der Waals surface area (Å²) >= 11 is 3.44. The predicted octanol–water partition coefficient (Wildman–Crippen LogP) is 2.01. The third-order valence-corrected chi connectivity index (χ3v) is 2.81. The van der Waals surface area contributed by atoms with Crippen molar-refractivity contribution >= 4 is 15.9 Å². The van der Waals surface area contributed by atoms with Crippen LogP contribution >= 0.6 is 15.9 Å². The van der Waals surface area contributed by atoms with Gasteiger partial charge in [0, 0.05) is 16.6 Å². The molecule has 72 valence electrons. The second-order valence-corrected chi connectivity index (χ2v) is 4.23. The van der Waals surface area contributed by atoms with Gasteiger partial charge in [-0.3, -0.25) is 0 Å². The highest BCUT2D eigenvalue weighted by Crippen LogP contribution is 2.28. The lowest BCUT2D eigenvalue weighted by atomic mass is 9.90. The fraction of sp³-hybridized carbons (Fsp3) is 0.400. The Balaban J connectivity index is 2.99. The van der Waals surface area contributed by atoms with Crippen molar-refractivity contribution in [2.45, 2.75) is 18.9 Å². The predicted molar refractivity (Wildman–Crippen MR) is 57.4 cm³/mol. The van der Waals surface area contributed by atoms with E-state index in [1.54, 1.807) is 0 Å². The summed E-state index contributed by atoms with van der Waals surface area (Å²) in [5.74, 6) is 0. The zero-order valence-electron chi connectivity index (χ0n) is 7.63. The maximum atomic E-state index is 8.86. The summed E-state index contributed by atoms with van der Waals surface area (Å²) in [6.07, 6.45) is 0.565. The Kier molecular flexibility index (Phi) is 3.47. The Morgan fingerprint density at radius 2 is 2.08 bits per heavy atom. The molecule has 3 N–H and O–H groups in total. The topological polar surface area (TPSA) is 46.2 Å². The summed E-state index contributed by atoms with van der Waals surface area (Å²) < 4.78 is 0.994. The molecular weight excluding hydrogens is 230 g/mol. The Hall–Kier alpha value is -0.380. The standard InChI is InChI=1S/C10H14BrNO/c1-10(12,6-7-13)8-4-2-3-5-9(8)11/h2-5,13H,6-7,12H2,1H3. The first-order valence-corrected chi connectivity index (χ1v) is 5.02. The van der Waals surface area contributed by atoms with E-state index in [9.17, 15) is 0 Å². The number of hydrogen-bond acceptors (Lipinski definition) is 2. The van der Waals surface area contributed by atoms with Crippen LogP contribution in [0.1, 0.15) is 18.9 Å². The van der Waals surface area contributed by atoms with E-state index in [0.29, 0.717) is 6.42 Å². The van der Waals surface area contributed by atoms with E-state index < -0.39 is 5.54 Å². The van der Waals surface area contributed by atoms with E-state index in [0.717, 1.165) is 10.0 Å². The fourth-order valence-corrected chi connectivity index (χ4v) is 2.03. The molecule has 2 nitrogen and oxygen atoms in total. The summed E-state index contributed by atoms with van der Waals surface area (Å²) in [6, 6.07) is 7.82. The Morgan fingerprint density at radius 3 is 2.62 bits per heavy atom. The summed E-state index contributed by atoms with van der Waals surface area (Å²) in [4.78, 5) is 0. The molecule has 1 atom stereocenters. The van der Waals surface area contributed by atoms with Crippen molar-refractivity contribution in [3.8, 4) is 0 Å². The third-order valence-electron chi connectivity index (χ3n) is 2.12. The van der Waals surface area contributed by atoms with Gasteiger partial charge in [-0.2, -0.15) is 0 Å². The van der Waals surface area contributed by atoms with Gasteiger partial charge in [0.2, 0.25) is 0 Å². The van der Waals surface area contributed by atoms with Crippen LogP contribution in [0.25, 0.3) is 0 Å². The van der Waals surface area contributed by atoms with Gasteiger partial charge in [-0.1, -0.05) is 34.1 Å². The van der Waals surface area contributed by atoms with Gasteiger partial charge in [-0.05, 0) is 25.0 Å². The number of nitrogens with two attached hydrogens (primary N) is 1. The molecule has 0 radical (unpaired) electrons. The van der Waals surface area contributed by atoms with E-state index in [1.165, 1.54) is 0 Å². The number of aliphatic hydroxyl groups is 1. The van der Waals surface area contributed by atoms with E-state index in [-0.39, 0.29) is 6.61 Å². The average molecular weight is 244 g/mol. The van der Waals surface area contributed by atoms with Gasteiger partial charge in [0.05, 0.1) is 0 Å². The number of rotatable bonds is 3. The smallest absolute Gasteiger partial charge is 0.0451 e. The van der Waals surface area contributed by atoms with Crippen molar-refractivity contribution in [3.63, 3.8) is 0 Å². The van der Waals surface area contributed by atoms with Gasteiger partial charge in [-0.25, -0.2) is 0 Å². The van der Waals surface area contributed by atoms with Crippen molar-refractivity contribution in [2.24, 2.45) is 5.73 Å². The van der Waals surface area contributed by atoms with Crippen molar-refractivity contribution in [2.75, 3.05) is 6.61 Å². The highest BCUT2D eigenvalue weighted by molar-refractivity contribution is 9.10. The highest BCUT2D eigenvalue weighted by atomic mass is 79.9. The Labute approximate surface area is 86.9 Å². The second kappa shape index (κ2) is 4.22. The molecule has 0 fully saturated rings. The van der Waals surface area contributed by atoms with Crippen LogP contribution < -0.4 is 5.73 Å². The zero-order chi connectivity index (χ0) is 9.90. The van der Waals surface area contributed by atoms with Crippen LogP contribution in [0.3, 0.4) is 0 Å². The maximum Gasteiger partial charge on any atom is 0.0451 e. The quantitative estimate of drug-likeness (QED) is 0.854. The summed E-state index contributed by atoms with van der Waals surface area (Å²) in [6.45, 7) is 2.03. The molecule has 0 aliphatic heterocycles. The van der Waals surface area contributed by atoms with Gasteiger partial charge in [0.1, 0.15) is 0 Å². The first-order valence-electron chi connectivity index (χ1n) is 4.22. The molecule has 1 rings (SSSR count). The molecule has 0 heterocycles. The first kappa shape index (κ1) is 10.7. The average Bonchev–Trinajstić information content (AvgIpc) is 2.04. The number of halogens is 1. The molecule has 0 aromatic heterocycles. The first-order chi connectivity index (χ1) is 6.08. The zero-order valence-corrected chi connectivity index (χ0v) is 9.21. The summed E-state index contributed by atoms with van der Waals surface area (Å²) in [7, 11) is 0. The van der Waals surface area contributed by atoms with Crippen molar-refractivity contribution in [1.29, 1.82) is 0 Å². The van der Waals surface area contributed by atoms with Crippen molar-refractivity contribution < 1.29 is 5.11 Å². The molecule has 1 aromatic carbocycles. The minimum Gasteiger partial charge on any atom is -0.396 e. The minimum absolute atomic E-state index is 0.105. The monoisotopic (exact) mass is 243 g/mol. The van der Waals surface area contributed by atoms with Crippen LogP contribution in [0, 0.1) is 0 Å². The lowest BCUT2D eigenvalue weighted by molar-refractivity contribution is 0.247. The third kappa shape index (κ3) is 2.53. The van der Waals surface area contributed by atoms with Gasteiger partial charge < -0.3 is 10.8 Å². The number of hydrogen-bond donors (Lipinski definition) is 2. The summed E-state index contributed by atoms with van der Waals surface area (Å²) in [5, 5.41) is 8.86. The lowest BCUT2D eigenvalue weighted by Gasteiger charge is -2.25. The molecule has 13 heavy (non-hydrogen) atoms. The van der Waals surface area contributed by atoms with Gasteiger partial charge in [0.15, 0.2) is 0 Å². The van der Waals surface area contributed by atoms with Gasteiger partial charge in [0.25, 0.3) is 0 Å². The van der Waals surface area contributed by atoms with Crippen LogP contribution in [-0.4, -0.2) is 11.7 Å². The number of aliphatic hydroxyl groups excluding tert-OH is 1. The van der Waals surface area contributed by atoms with Gasteiger partial charge >= 0.3 is 0 Å². The van der Waals surface area contributed by atoms with Crippen LogP contribution in [0.15, 0.2) is 28.7 Å². The Bertz CT molecular complexity index is 286. The van der Waals surface area contributed by atoms with Crippen LogP contribution in [0.4, 0.5) is 0 Å². The second-order valence-electron chi connectivity index (χ2n) is 3.37. The molecule has 1 unspecified atom stereocenters. The van der Waals surface area contributed by atoms with Crippen LogP contribution in [0.5, 0.6) is 0 Å². The van der Waals surface area contributed by atoms with E-state index >= 15 is 0 Å². The van der Waals surface area contributed by atoms with Crippen molar-refractivity contribution in [1.82, 2.24) is 0 Å². The SMILES string of the molecule is CC(N)(CCO)c1ccccc1Br. The normalized spacial score (nSPS) is 15.4.